The van der Waals surface area contributed by atoms with E-state index in [2.05, 4.69) is 12.2 Å². The summed E-state index contributed by atoms with van der Waals surface area (Å²) in [5.74, 6) is 0.158. The molecule has 4 nitrogen and oxygen atoms in total. The van der Waals surface area contributed by atoms with Crippen LogP contribution in [0.25, 0.3) is 0 Å². The summed E-state index contributed by atoms with van der Waals surface area (Å²) in [5, 5.41) is 3.28. The van der Waals surface area contributed by atoms with Crippen LogP contribution in [0.3, 0.4) is 0 Å². The Kier molecular flexibility index (Phi) is 8.33. The fourth-order valence-electron chi connectivity index (χ4n) is 1.52. The van der Waals surface area contributed by atoms with Gasteiger partial charge in [0.25, 0.3) is 0 Å². The Balaban J connectivity index is 4.07. The van der Waals surface area contributed by atoms with Crippen molar-refractivity contribution in [1.82, 2.24) is 5.32 Å². The first-order valence-corrected chi connectivity index (χ1v) is 5.53. The molecular weight excluding hydrogens is 194 g/mol. The van der Waals surface area contributed by atoms with Crippen molar-refractivity contribution in [2.45, 2.75) is 33.2 Å². The standard InChI is InChI=1S/C11H23NO3/c1-5-12-10(9(3)8-14-4)7-11(13)15-6-2/h9-10,12H,5-8H2,1-4H3. The van der Waals surface area contributed by atoms with Crippen molar-refractivity contribution in [3.63, 3.8) is 0 Å². The van der Waals surface area contributed by atoms with Crippen LogP contribution in [0.1, 0.15) is 27.2 Å². The SMILES string of the molecule is CCNC(CC(=O)OCC)C(C)COC. The van der Waals surface area contributed by atoms with E-state index in [4.69, 9.17) is 9.47 Å². The lowest BCUT2D eigenvalue weighted by molar-refractivity contribution is -0.144. The molecule has 0 rings (SSSR count). The topological polar surface area (TPSA) is 47.6 Å². The Morgan fingerprint density at radius 2 is 2.07 bits per heavy atom. The van der Waals surface area contributed by atoms with E-state index in [1.54, 1.807) is 7.11 Å². The van der Waals surface area contributed by atoms with Crippen LogP contribution in [-0.4, -0.2) is 38.9 Å². The van der Waals surface area contributed by atoms with E-state index in [1.807, 2.05) is 13.8 Å². The van der Waals surface area contributed by atoms with Gasteiger partial charge in [-0.05, 0) is 19.4 Å². The predicted molar refractivity (Wildman–Crippen MR) is 59.8 cm³/mol. The minimum absolute atomic E-state index is 0.133. The zero-order chi connectivity index (χ0) is 11.7. The molecule has 2 atom stereocenters. The van der Waals surface area contributed by atoms with Crippen LogP contribution in [-0.2, 0) is 14.3 Å². The second kappa shape index (κ2) is 8.68. The third kappa shape index (κ3) is 6.47. The normalized spacial score (nSPS) is 14.7. The fourth-order valence-corrected chi connectivity index (χ4v) is 1.52. The second-order valence-corrected chi connectivity index (χ2v) is 3.61. The third-order valence-corrected chi connectivity index (χ3v) is 2.27. The van der Waals surface area contributed by atoms with Gasteiger partial charge in [-0.15, -0.1) is 0 Å². The van der Waals surface area contributed by atoms with Gasteiger partial charge < -0.3 is 14.8 Å². The Morgan fingerprint density at radius 1 is 1.40 bits per heavy atom. The molecule has 0 aliphatic rings. The molecule has 0 saturated carbocycles. The molecule has 0 amide bonds. The first-order chi connectivity index (χ1) is 7.15. The highest BCUT2D eigenvalue weighted by Gasteiger charge is 2.20. The lowest BCUT2D eigenvalue weighted by Gasteiger charge is -2.23. The van der Waals surface area contributed by atoms with Crippen LogP contribution < -0.4 is 5.32 Å². The highest BCUT2D eigenvalue weighted by Crippen LogP contribution is 2.08. The summed E-state index contributed by atoms with van der Waals surface area (Å²) >= 11 is 0. The summed E-state index contributed by atoms with van der Waals surface area (Å²) in [7, 11) is 1.67. The number of carbonyl (C=O) groups excluding carboxylic acids is 1. The zero-order valence-electron chi connectivity index (χ0n) is 10.2. The predicted octanol–water partition coefficient (Wildman–Crippen LogP) is 1.20. The average Bonchev–Trinajstić information content (AvgIpc) is 2.18. The van der Waals surface area contributed by atoms with Gasteiger partial charge in [0, 0.05) is 13.2 Å². The Hall–Kier alpha value is -0.610. The molecule has 0 radical (unpaired) electrons. The number of esters is 1. The van der Waals surface area contributed by atoms with Crippen molar-refractivity contribution in [2.24, 2.45) is 5.92 Å². The maximum Gasteiger partial charge on any atom is 0.307 e. The van der Waals surface area contributed by atoms with Crippen molar-refractivity contribution >= 4 is 5.97 Å². The second-order valence-electron chi connectivity index (χ2n) is 3.61. The average molecular weight is 217 g/mol. The van der Waals surface area contributed by atoms with Crippen molar-refractivity contribution in [3.05, 3.63) is 0 Å². The van der Waals surface area contributed by atoms with Gasteiger partial charge in [0.2, 0.25) is 0 Å². The van der Waals surface area contributed by atoms with Gasteiger partial charge in [0.05, 0.1) is 19.6 Å². The van der Waals surface area contributed by atoms with Crippen molar-refractivity contribution in [2.75, 3.05) is 26.9 Å². The summed E-state index contributed by atoms with van der Waals surface area (Å²) in [6.45, 7) is 7.85. The number of hydrogen-bond acceptors (Lipinski definition) is 4. The van der Waals surface area contributed by atoms with E-state index in [1.165, 1.54) is 0 Å². The Morgan fingerprint density at radius 3 is 2.53 bits per heavy atom. The molecule has 15 heavy (non-hydrogen) atoms. The number of hydrogen-bond donors (Lipinski definition) is 1. The summed E-state index contributed by atoms with van der Waals surface area (Å²) < 4.78 is 10.0. The zero-order valence-corrected chi connectivity index (χ0v) is 10.2. The van der Waals surface area contributed by atoms with Gasteiger partial charge in [-0.25, -0.2) is 0 Å². The smallest absolute Gasteiger partial charge is 0.307 e. The van der Waals surface area contributed by atoms with Crippen LogP contribution in [0.4, 0.5) is 0 Å². The number of rotatable bonds is 8. The molecule has 0 heterocycles. The lowest BCUT2D eigenvalue weighted by Crippen LogP contribution is -2.39. The molecule has 0 aliphatic carbocycles. The molecule has 4 heteroatoms. The van der Waals surface area contributed by atoms with Gasteiger partial charge in [-0.3, -0.25) is 4.79 Å². The fraction of sp³-hybridized carbons (Fsp3) is 0.909. The minimum Gasteiger partial charge on any atom is -0.466 e. The van der Waals surface area contributed by atoms with Crippen LogP contribution in [0, 0.1) is 5.92 Å². The highest BCUT2D eigenvalue weighted by atomic mass is 16.5. The van der Waals surface area contributed by atoms with E-state index < -0.39 is 0 Å². The molecule has 0 spiro atoms. The van der Waals surface area contributed by atoms with Gasteiger partial charge in [0.15, 0.2) is 0 Å². The van der Waals surface area contributed by atoms with Gasteiger partial charge in [0.1, 0.15) is 0 Å². The van der Waals surface area contributed by atoms with Gasteiger partial charge >= 0.3 is 5.97 Å². The number of ether oxygens (including phenoxy) is 2. The van der Waals surface area contributed by atoms with Crippen molar-refractivity contribution in [1.29, 1.82) is 0 Å². The molecule has 0 saturated heterocycles. The molecule has 0 fully saturated rings. The first kappa shape index (κ1) is 14.4. The quantitative estimate of drug-likeness (QED) is 0.621. The monoisotopic (exact) mass is 217 g/mol. The van der Waals surface area contributed by atoms with Crippen LogP contribution in [0.2, 0.25) is 0 Å². The lowest BCUT2D eigenvalue weighted by atomic mass is 10.00. The molecule has 0 aliphatic heterocycles. The van der Waals surface area contributed by atoms with Crippen molar-refractivity contribution in [3.8, 4) is 0 Å². The van der Waals surface area contributed by atoms with E-state index in [0.29, 0.717) is 25.6 Å². The maximum atomic E-state index is 11.3. The summed E-state index contributed by atoms with van der Waals surface area (Å²) in [6.07, 6.45) is 0.409. The van der Waals surface area contributed by atoms with Crippen LogP contribution in [0.15, 0.2) is 0 Å². The van der Waals surface area contributed by atoms with E-state index in [0.717, 1.165) is 6.54 Å². The maximum absolute atomic E-state index is 11.3. The van der Waals surface area contributed by atoms with Crippen molar-refractivity contribution < 1.29 is 14.3 Å². The molecule has 0 bridgehead atoms. The summed E-state index contributed by atoms with van der Waals surface area (Å²) in [5.41, 5.74) is 0. The highest BCUT2D eigenvalue weighted by molar-refractivity contribution is 5.70. The first-order valence-electron chi connectivity index (χ1n) is 5.53. The third-order valence-electron chi connectivity index (χ3n) is 2.27. The summed E-state index contributed by atoms with van der Waals surface area (Å²) in [4.78, 5) is 11.3. The largest absolute Gasteiger partial charge is 0.466 e. The van der Waals surface area contributed by atoms with Crippen LogP contribution >= 0.6 is 0 Å². The molecule has 1 N–H and O–H groups in total. The molecule has 0 aromatic rings. The Bertz CT molecular complexity index is 173. The summed E-state index contributed by atoms with van der Waals surface area (Å²) in [6, 6.07) is 0.133. The number of carbonyl (C=O) groups is 1. The molecule has 2 unspecified atom stereocenters. The van der Waals surface area contributed by atoms with E-state index >= 15 is 0 Å². The van der Waals surface area contributed by atoms with E-state index in [-0.39, 0.29) is 12.0 Å². The Labute approximate surface area is 92.3 Å². The van der Waals surface area contributed by atoms with Crippen LogP contribution in [0.5, 0.6) is 0 Å². The van der Waals surface area contributed by atoms with E-state index in [9.17, 15) is 4.79 Å². The minimum atomic E-state index is -0.147. The van der Waals surface area contributed by atoms with Gasteiger partial charge in [-0.1, -0.05) is 13.8 Å². The van der Waals surface area contributed by atoms with Gasteiger partial charge in [-0.2, -0.15) is 0 Å². The molecule has 0 aromatic heterocycles. The number of nitrogens with one attached hydrogen (secondary N) is 1. The molecule has 90 valence electrons. The number of methoxy groups -OCH3 is 1. The molecular formula is C11H23NO3. The molecule has 0 aromatic carbocycles.